The molecule has 0 spiro atoms. The Balaban J connectivity index is 2.47. The van der Waals surface area contributed by atoms with E-state index in [2.05, 4.69) is 12.1 Å². The van der Waals surface area contributed by atoms with E-state index in [9.17, 15) is 0 Å². The summed E-state index contributed by atoms with van der Waals surface area (Å²) >= 11 is 0. The number of fused-ring (bicyclic) bond motifs is 1. The summed E-state index contributed by atoms with van der Waals surface area (Å²) < 4.78 is 5.38. The van der Waals surface area contributed by atoms with Crippen LogP contribution in [-0.2, 0) is 6.16 Å². The third-order valence-electron chi connectivity index (χ3n) is 1.41. The molecule has 0 radical (unpaired) electrons. The molecule has 0 N–H and O–H groups in total. The lowest BCUT2D eigenvalue weighted by molar-refractivity contribution is 0.634. The van der Waals surface area contributed by atoms with Gasteiger partial charge >= 0.3 is 0 Å². The van der Waals surface area contributed by atoms with E-state index in [4.69, 9.17) is 4.52 Å². The molecule has 2 rings (SSSR count). The number of rotatable bonds is 0. The minimum absolute atomic E-state index is 1.06. The fourth-order valence-corrected chi connectivity index (χ4v) is 2.76. The van der Waals surface area contributed by atoms with E-state index in [-0.39, 0.29) is 0 Å². The Labute approximate surface area is 62.9 Å². The van der Waals surface area contributed by atoms with Crippen molar-refractivity contribution in [1.29, 1.82) is 0 Å². The van der Waals surface area contributed by atoms with E-state index in [1.807, 2.05) is 12.1 Å². The highest BCUT2D eigenvalue weighted by atomic mass is 31.7. The molecule has 1 aliphatic rings. The van der Waals surface area contributed by atoms with Crippen LogP contribution in [0.5, 0.6) is 5.75 Å². The molecule has 0 bridgehead atoms. The second-order valence-electron chi connectivity index (χ2n) is 2.08. The largest absolute Gasteiger partial charge is 0.435 e. The third-order valence-corrected chi connectivity index (χ3v) is 3.30. The van der Waals surface area contributed by atoms with Crippen molar-refractivity contribution in [2.24, 2.45) is 0 Å². The Bertz CT molecular complexity index is 243. The van der Waals surface area contributed by atoms with Gasteiger partial charge in [0, 0.05) is 11.7 Å². The highest BCUT2D eigenvalue weighted by Crippen LogP contribution is 2.35. The maximum atomic E-state index is 5.38. The van der Waals surface area contributed by atoms with Gasteiger partial charge in [0.15, 0.2) is 8.09 Å². The zero-order chi connectivity index (χ0) is 6.81. The van der Waals surface area contributed by atoms with Crippen molar-refractivity contribution >= 4 is 16.0 Å². The van der Waals surface area contributed by atoms with Crippen molar-refractivity contribution in [1.82, 2.24) is 0 Å². The summed E-state index contributed by atoms with van der Waals surface area (Å²) in [6.45, 7) is 0. The standard InChI is InChI=1S/C7H6OP2/c1-2-4-7-6(3-1)5-9-10-8-7/h1-4H,5H2. The van der Waals surface area contributed by atoms with Crippen LogP contribution in [-0.4, -0.2) is 0 Å². The van der Waals surface area contributed by atoms with Crippen LogP contribution in [0.4, 0.5) is 0 Å². The van der Waals surface area contributed by atoms with Gasteiger partial charge in [-0.2, -0.15) is 0 Å². The Morgan fingerprint density at radius 3 is 3.10 bits per heavy atom. The number of hydrogen-bond acceptors (Lipinski definition) is 1. The highest BCUT2D eigenvalue weighted by molar-refractivity contribution is 7.81. The monoisotopic (exact) mass is 168 g/mol. The van der Waals surface area contributed by atoms with E-state index >= 15 is 0 Å². The maximum Gasteiger partial charge on any atom is 0.152 e. The molecular formula is C7H6OP2. The smallest absolute Gasteiger partial charge is 0.152 e. The molecule has 1 aliphatic heterocycles. The molecule has 0 saturated heterocycles. The van der Waals surface area contributed by atoms with Gasteiger partial charge in [0.2, 0.25) is 0 Å². The van der Waals surface area contributed by atoms with Crippen molar-refractivity contribution < 1.29 is 4.52 Å². The van der Waals surface area contributed by atoms with Gasteiger partial charge in [-0.15, -0.1) is 0 Å². The lowest BCUT2D eigenvalue weighted by Crippen LogP contribution is -1.85. The fourth-order valence-electron chi connectivity index (χ4n) is 0.901. The van der Waals surface area contributed by atoms with Crippen LogP contribution in [0.1, 0.15) is 5.56 Å². The summed E-state index contributed by atoms with van der Waals surface area (Å²) in [5.74, 6) is 1.06. The second-order valence-corrected chi connectivity index (χ2v) is 4.36. The van der Waals surface area contributed by atoms with Gasteiger partial charge < -0.3 is 4.52 Å². The lowest BCUT2D eigenvalue weighted by Gasteiger charge is -2.07. The predicted octanol–water partition coefficient (Wildman–Crippen LogP) is 3.30. The normalized spacial score (nSPS) is 17.2. The van der Waals surface area contributed by atoms with Gasteiger partial charge in [-0.25, -0.2) is 0 Å². The van der Waals surface area contributed by atoms with Gasteiger partial charge in [0.1, 0.15) is 5.75 Å². The van der Waals surface area contributed by atoms with Crippen LogP contribution < -0.4 is 4.52 Å². The minimum Gasteiger partial charge on any atom is -0.435 e. The SMILES string of the molecule is c1ccc2c(c1)CP=PO2. The van der Waals surface area contributed by atoms with Crippen molar-refractivity contribution in [2.75, 3.05) is 0 Å². The average Bonchev–Trinajstić information content (AvgIpc) is 2.05. The van der Waals surface area contributed by atoms with Crippen LogP contribution in [0.3, 0.4) is 0 Å². The molecule has 0 atom stereocenters. The number of hydrogen-bond donors (Lipinski definition) is 0. The first kappa shape index (κ1) is 6.34. The first-order valence-electron chi connectivity index (χ1n) is 3.08. The highest BCUT2D eigenvalue weighted by Gasteiger charge is 2.03. The Morgan fingerprint density at radius 1 is 1.30 bits per heavy atom. The first-order valence-corrected chi connectivity index (χ1v) is 5.68. The molecule has 50 valence electrons. The Kier molecular flexibility index (Phi) is 1.71. The van der Waals surface area contributed by atoms with E-state index in [0.29, 0.717) is 0 Å². The summed E-state index contributed by atoms with van der Waals surface area (Å²) in [5, 5.41) is 0. The van der Waals surface area contributed by atoms with Crippen molar-refractivity contribution in [3.05, 3.63) is 29.8 Å². The summed E-state index contributed by atoms with van der Waals surface area (Å²) in [6.07, 6.45) is 1.14. The maximum absolute atomic E-state index is 5.38. The quantitative estimate of drug-likeness (QED) is 0.540. The van der Waals surface area contributed by atoms with E-state index in [0.717, 1.165) is 20.0 Å². The topological polar surface area (TPSA) is 9.23 Å². The third kappa shape index (κ3) is 1.08. The molecule has 1 aromatic rings. The van der Waals surface area contributed by atoms with Crippen LogP contribution in [0.15, 0.2) is 24.3 Å². The molecule has 0 unspecified atom stereocenters. The lowest BCUT2D eigenvalue weighted by atomic mass is 10.2. The minimum atomic E-state index is 1.06. The molecule has 1 nitrogen and oxygen atoms in total. The van der Waals surface area contributed by atoms with Gasteiger partial charge in [-0.1, -0.05) is 18.2 Å². The van der Waals surface area contributed by atoms with Gasteiger partial charge in [-0.3, -0.25) is 0 Å². The molecule has 0 aromatic heterocycles. The Hall–Kier alpha value is -0.380. The van der Waals surface area contributed by atoms with Gasteiger partial charge in [0.05, 0.1) is 0 Å². The van der Waals surface area contributed by atoms with Crippen LogP contribution >= 0.6 is 16.0 Å². The zero-order valence-electron chi connectivity index (χ0n) is 5.32. The Morgan fingerprint density at radius 2 is 2.20 bits per heavy atom. The summed E-state index contributed by atoms with van der Waals surface area (Å²) in [6, 6.07) is 8.21. The number of para-hydroxylation sites is 1. The van der Waals surface area contributed by atoms with E-state index in [1.165, 1.54) is 13.4 Å². The summed E-state index contributed by atoms with van der Waals surface area (Å²) in [4.78, 5) is 0. The van der Waals surface area contributed by atoms with Gasteiger partial charge in [0.25, 0.3) is 0 Å². The zero-order valence-corrected chi connectivity index (χ0v) is 7.11. The summed E-state index contributed by atoms with van der Waals surface area (Å²) in [5.41, 5.74) is 1.34. The molecule has 0 amide bonds. The fraction of sp³-hybridized carbons (Fsp3) is 0.143. The van der Waals surface area contributed by atoms with Gasteiger partial charge in [-0.05, 0) is 13.9 Å². The molecular weight excluding hydrogens is 162 g/mol. The van der Waals surface area contributed by atoms with Crippen LogP contribution in [0.2, 0.25) is 0 Å². The molecule has 0 aliphatic carbocycles. The molecule has 1 heterocycles. The second kappa shape index (κ2) is 2.70. The average molecular weight is 168 g/mol. The van der Waals surface area contributed by atoms with Crippen LogP contribution in [0.25, 0.3) is 0 Å². The van der Waals surface area contributed by atoms with Crippen LogP contribution in [0, 0.1) is 0 Å². The van der Waals surface area contributed by atoms with Crippen molar-refractivity contribution in [3.8, 4) is 5.75 Å². The predicted molar refractivity (Wildman–Crippen MR) is 44.6 cm³/mol. The van der Waals surface area contributed by atoms with Crippen molar-refractivity contribution in [3.63, 3.8) is 0 Å². The molecule has 10 heavy (non-hydrogen) atoms. The van der Waals surface area contributed by atoms with E-state index in [1.54, 1.807) is 0 Å². The van der Waals surface area contributed by atoms with E-state index < -0.39 is 0 Å². The summed E-state index contributed by atoms with van der Waals surface area (Å²) in [7, 11) is 2.43. The number of benzene rings is 1. The molecule has 0 fully saturated rings. The first-order chi connectivity index (χ1) is 4.97. The molecule has 1 aromatic carbocycles. The van der Waals surface area contributed by atoms with Crippen molar-refractivity contribution in [2.45, 2.75) is 6.16 Å². The molecule has 0 saturated carbocycles. The molecule has 3 heteroatoms.